The number of nitrogens with zero attached hydrogens (tertiary/aromatic N) is 3. The van der Waals surface area contributed by atoms with Crippen LogP contribution >= 0.6 is 0 Å². The van der Waals surface area contributed by atoms with Crippen LogP contribution < -0.4 is 5.32 Å². The average Bonchev–Trinajstić information content (AvgIpc) is 2.73. The van der Waals surface area contributed by atoms with Gasteiger partial charge in [-0.2, -0.15) is 0 Å². The van der Waals surface area contributed by atoms with Gasteiger partial charge >= 0.3 is 90.4 Å². The summed E-state index contributed by atoms with van der Waals surface area (Å²) in [4.78, 5) is 4.41. The zero-order valence-corrected chi connectivity index (χ0v) is 11.3. The van der Waals surface area contributed by atoms with E-state index < -0.39 is 8.07 Å². The Kier molecular flexibility index (Phi) is 2.47. The summed E-state index contributed by atoms with van der Waals surface area (Å²) in [6.07, 6.45) is 2.07. The molecule has 0 spiro atoms. The molecule has 0 aromatic carbocycles. The summed E-state index contributed by atoms with van der Waals surface area (Å²) in [5.74, 6) is 0. The second kappa shape index (κ2) is 3.49. The monoisotopic (exact) mass is 271 g/mol. The molecule has 74 valence electrons. The molecule has 5 heteroatoms. The van der Waals surface area contributed by atoms with Gasteiger partial charge in [0.15, 0.2) is 0 Å². The van der Waals surface area contributed by atoms with E-state index in [1.165, 1.54) is 11.0 Å². The molecule has 0 saturated heterocycles. The fourth-order valence-electron chi connectivity index (χ4n) is 1.12. The van der Waals surface area contributed by atoms with E-state index in [0.717, 1.165) is 0 Å². The summed E-state index contributed by atoms with van der Waals surface area (Å²) in [6, 6.07) is 2.11. The van der Waals surface area contributed by atoms with Crippen molar-refractivity contribution in [1.29, 1.82) is 0 Å². The first kappa shape index (κ1) is 9.89. The summed E-state index contributed by atoms with van der Waals surface area (Å²) in [6.45, 7) is 6.85. The maximum atomic E-state index is 4.24. The third kappa shape index (κ3) is 1.89. The molecule has 0 bridgehead atoms. The van der Waals surface area contributed by atoms with E-state index in [1.807, 2.05) is 4.68 Å². The van der Waals surface area contributed by atoms with Crippen molar-refractivity contribution >= 4 is 27.9 Å². The SMILES string of the molecule is C[Si](C)(C)c1cn(-c2cc[se]c2)nn1. The topological polar surface area (TPSA) is 30.7 Å². The molecule has 14 heavy (non-hydrogen) atoms. The molecule has 0 aliphatic heterocycles. The zero-order valence-electron chi connectivity index (χ0n) is 8.56. The normalized spacial score (nSPS) is 11.9. The number of rotatable bonds is 2. The number of hydrogen-bond donors (Lipinski definition) is 0. The van der Waals surface area contributed by atoms with Crippen molar-refractivity contribution in [3.05, 3.63) is 22.1 Å². The van der Waals surface area contributed by atoms with Gasteiger partial charge in [-0.3, -0.25) is 0 Å². The summed E-state index contributed by atoms with van der Waals surface area (Å²) in [7, 11) is -1.30. The molecule has 2 aromatic rings. The molecular weight excluding hydrogens is 257 g/mol. The Morgan fingerprint density at radius 1 is 1.36 bits per heavy atom. The molecule has 0 N–H and O–H groups in total. The van der Waals surface area contributed by atoms with E-state index in [0.29, 0.717) is 14.5 Å². The quantitative estimate of drug-likeness (QED) is 0.758. The van der Waals surface area contributed by atoms with Gasteiger partial charge in [-0.1, -0.05) is 0 Å². The van der Waals surface area contributed by atoms with Crippen molar-refractivity contribution in [3.8, 4) is 5.69 Å². The third-order valence-electron chi connectivity index (χ3n) is 2.03. The Morgan fingerprint density at radius 3 is 2.64 bits per heavy atom. The van der Waals surface area contributed by atoms with Crippen LogP contribution in [0.25, 0.3) is 5.69 Å². The molecule has 2 rings (SSSR count). The Morgan fingerprint density at radius 2 is 2.14 bits per heavy atom. The Balaban J connectivity index is 2.36. The van der Waals surface area contributed by atoms with Gasteiger partial charge in [-0.15, -0.1) is 0 Å². The molecule has 0 fully saturated rings. The second-order valence-electron chi connectivity index (χ2n) is 4.28. The molecule has 0 amide bonds. The minimum absolute atomic E-state index is 0.514. The maximum absolute atomic E-state index is 4.24. The molecule has 0 atom stereocenters. The van der Waals surface area contributed by atoms with Crippen molar-refractivity contribution < 1.29 is 0 Å². The predicted octanol–water partition coefficient (Wildman–Crippen LogP) is 0.869. The summed E-state index contributed by atoms with van der Waals surface area (Å²) < 4.78 is 1.89. The van der Waals surface area contributed by atoms with Gasteiger partial charge in [0.2, 0.25) is 0 Å². The molecule has 2 aromatic heterocycles. The van der Waals surface area contributed by atoms with Crippen LogP contribution in [0.4, 0.5) is 0 Å². The first-order valence-corrected chi connectivity index (χ1v) is 10.0. The van der Waals surface area contributed by atoms with Crippen LogP contribution in [0.15, 0.2) is 22.1 Å². The summed E-state index contributed by atoms with van der Waals surface area (Å²) >= 11 is 0.514. The molecule has 0 saturated carbocycles. The van der Waals surface area contributed by atoms with Crippen LogP contribution in [0.1, 0.15) is 0 Å². The van der Waals surface area contributed by atoms with Gasteiger partial charge in [0.1, 0.15) is 0 Å². The molecule has 2 heterocycles. The van der Waals surface area contributed by atoms with Crippen LogP contribution in [0, 0.1) is 0 Å². The first-order chi connectivity index (χ1) is 6.57. The minimum atomic E-state index is -1.30. The van der Waals surface area contributed by atoms with Crippen molar-refractivity contribution in [2.24, 2.45) is 0 Å². The van der Waals surface area contributed by atoms with Gasteiger partial charge in [0.05, 0.1) is 0 Å². The van der Waals surface area contributed by atoms with E-state index in [-0.39, 0.29) is 0 Å². The van der Waals surface area contributed by atoms with Crippen molar-refractivity contribution in [3.63, 3.8) is 0 Å². The van der Waals surface area contributed by atoms with Gasteiger partial charge in [-0.25, -0.2) is 0 Å². The molecule has 0 radical (unpaired) electrons. The number of hydrogen-bond acceptors (Lipinski definition) is 2. The van der Waals surface area contributed by atoms with Crippen LogP contribution in [-0.4, -0.2) is 37.6 Å². The predicted molar refractivity (Wildman–Crippen MR) is 61.3 cm³/mol. The third-order valence-corrected chi connectivity index (χ3v) is 5.21. The van der Waals surface area contributed by atoms with Crippen molar-refractivity contribution in [2.75, 3.05) is 0 Å². The Labute approximate surface area is 90.5 Å². The fourth-order valence-corrected chi connectivity index (χ4v) is 3.28. The van der Waals surface area contributed by atoms with Gasteiger partial charge in [0, 0.05) is 0 Å². The molecule has 0 aliphatic rings. The van der Waals surface area contributed by atoms with E-state index in [1.54, 1.807) is 0 Å². The van der Waals surface area contributed by atoms with Gasteiger partial charge < -0.3 is 0 Å². The molecule has 3 nitrogen and oxygen atoms in total. The van der Waals surface area contributed by atoms with Crippen LogP contribution in [0.3, 0.4) is 0 Å². The average molecular weight is 270 g/mol. The van der Waals surface area contributed by atoms with Gasteiger partial charge in [-0.05, 0) is 0 Å². The van der Waals surface area contributed by atoms with E-state index in [4.69, 9.17) is 0 Å². The Bertz CT molecular complexity index is 413. The van der Waals surface area contributed by atoms with E-state index in [2.05, 4.69) is 52.1 Å². The summed E-state index contributed by atoms with van der Waals surface area (Å²) in [5, 5.41) is 9.57. The standard InChI is InChI=1S/C9H13N3SeSi/c1-14(2,3)9-6-12(11-10-9)8-4-5-13-7-8/h4-7H,1-3H3. The van der Waals surface area contributed by atoms with Crippen molar-refractivity contribution in [2.45, 2.75) is 19.6 Å². The van der Waals surface area contributed by atoms with E-state index >= 15 is 0 Å². The van der Waals surface area contributed by atoms with Crippen LogP contribution in [0.5, 0.6) is 0 Å². The second-order valence-corrected chi connectivity index (χ2v) is 10.9. The fraction of sp³-hybridized carbons (Fsp3) is 0.333. The molecule has 0 aliphatic carbocycles. The van der Waals surface area contributed by atoms with Crippen LogP contribution in [-0.2, 0) is 0 Å². The van der Waals surface area contributed by atoms with Gasteiger partial charge in [0.25, 0.3) is 0 Å². The zero-order chi connectivity index (χ0) is 10.2. The first-order valence-electron chi connectivity index (χ1n) is 4.53. The number of aromatic nitrogens is 3. The van der Waals surface area contributed by atoms with Crippen molar-refractivity contribution in [1.82, 2.24) is 15.0 Å². The van der Waals surface area contributed by atoms with E-state index in [9.17, 15) is 0 Å². The van der Waals surface area contributed by atoms with Crippen LogP contribution in [0.2, 0.25) is 19.6 Å². The molecule has 0 unspecified atom stereocenters. The molecular formula is C9H13N3SeSi. The Hall–Kier alpha value is -0.644. The summed E-state index contributed by atoms with van der Waals surface area (Å²) in [5.41, 5.74) is 1.17.